The van der Waals surface area contributed by atoms with Crippen LogP contribution in [0.4, 0.5) is 0 Å². The van der Waals surface area contributed by atoms with E-state index in [-0.39, 0.29) is 12.1 Å². The van der Waals surface area contributed by atoms with Crippen LogP contribution in [-0.2, 0) is 4.74 Å². The molecule has 1 aromatic carbocycles. The summed E-state index contributed by atoms with van der Waals surface area (Å²) < 4.78 is 16.7. The van der Waals surface area contributed by atoms with Gasteiger partial charge in [0, 0.05) is 18.7 Å². The lowest BCUT2D eigenvalue weighted by Gasteiger charge is -2.36. The second kappa shape index (κ2) is 7.61. The van der Waals surface area contributed by atoms with Crippen molar-refractivity contribution in [3.05, 3.63) is 23.8 Å². The quantitative estimate of drug-likeness (QED) is 0.601. The molecular weight excluding hydrogens is 270 g/mol. The number of hydrazine groups is 1. The van der Waals surface area contributed by atoms with Gasteiger partial charge in [0.2, 0.25) is 0 Å². The Balaban J connectivity index is 2.27. The van der Waals surface area contributed by atoms with E-state index in [1.165, 1.54) is 0 Å². The van der Waals surface area contributed by atoms with Crippen molar-refractivity contribution in [1.29, 1.82) is 0 Å². The summed E-state index contributed by atoms with van der Waals surface area (Å²) in [7, 11) is 3.30. The van der Waals surface area contributed by atoms with Gasteiger partial charge in [-0.15, -0.1) is 0 Å². The number of hydrogen-bond acceptors (Lipinski definition) is 6. The number of likely N-dealkylation sites (N-methyl/N-ethyl adjacent to an activating group) is 1. The fraction of sp³-hybridized carbons (Fsp3) is 0.600. The van der Waals surface area contributed by atoms with Gasteiger partial charge in [-0.25, -0.2) is 0 Å². The molecule has 0 amide bonds. The van der Waals surface area contributed by atoms with Crippen LogP contribution in [0.3, 0.4) is 0 Å². The summed E-state index contributed by atoms with van der Waals surface area (Å²) in [4.78, 5) is 2.35. The Morgan fingerprint density at radius 2 is 2.24 bits per heavy atom. The third kappa shape index (κ3) is 3.65. The van der Waals surface area contributed by atoms with E-state index in [4.69, 9.17) is 20.1 Å². The van der Waals surface area contributed by atoms with E-state index in [2.05, 4.69) is 17.2 Å². The maximum atomic E-state index is 5.91. The Kier molecular flexibility index (Phi) is 5.81. The first-order valence-corrected chi connectivity index (χ1v) is 7.25. The highest BCUT2D eigenvalue weighted by Crippen LogP contribution is 2.32. The van der Waals surface area contributed by atoms with E-state index in [0.717, 1.165) is 36.7 Å². The summed E-state index contributed by atoms with van der Waals surface area (Å²) in [6, 6.07) is 5.55. The summed E-state index contributed by atoms with van der Waals surface area (Å²) in [6.07, 6.45) is -0.0234. The summed E-state index contributed by atoms with van der Waals surface area (Å²) in [5.74, 6) is 7.34. The number of methoxy groups -OCH3 is 2. The molecule has 1 fully saturated rings. The molecule has 3 N–H and O–H groups in total. The lowest BCUT2D eigenvalue weighted by molar-refractivity contribution is -0.0459. The van der Waals surface area contributed by atoms with Crippen LogP contribution < -0.4 is 20.7 Å². The van der Waals surface area contributed by atoms with Crippen LogP contribution in [-0.4, -0.2) is 51.5 Å². The van der Waals surface area contributed by atoms with Crippen molar-refractivity contribution in [2.75, 3.05) is 40.5 Å². The normalized spacial score (nSPS) is 21.0. The SMILES string of the molecule is CCN1CCOC(C(NN)c2cc(OC)ccc2OC)C1. The van der Waals surface area contributed by atoms with Crippen molar-refractivity contribution in [2.45, 2.75) is 19.1 Å². The molecule has 1 aromatic rings. The molecule has 1 aliphatic heterocycles. The third-order valence-corrected chi connectivity index (χ3v) is 3.95. The molecule has 2 unspecified atom stereocenters. The molecule has 2 rings (SSSR count). The average molecular weight is 295 g/mol. The molecule has 0 spiro atoms. The van der Waals surface area contributed by atoms with Crippen molar-refractivity contribution in [3.8, 4) is 11.5 Å². The lowest BCUT2D eigenvalue weighted by Crippen LogP contribution is -2.49. The first kappa shape index (κ1) is 16.0. The van der Waals surface area contributed by atoms with Crippen molar-refractivity contribution in [2.24, 2.45) is 5.84 Å². The summed E-state index contributed by atoms with van der Waals surface area (Å²) in [5.41, 5.74) is 3.82. The molecule has 21 heavy (non-hydrogen) atoms. The highest BCUT2D eigenvalue weighted by atomic mass is 16.5. The van der Waals surface area contributed by atoms with Gasteiger partial charge in [-0.3, -0.25) is 16.2 Å². The summed E-state index contributed by atoms with van der Waals surface area (Å²) in [6.45, 7) is 5.67. The van der Waals surface area contributed by atoms with Gasteiger partial charge in [-0.1, -0.05) is 6.92 Å². The number of benzene rings is 1. The van der Waals surface area contributed by atoms with Crippen LogP contribution in [0.15, 0.2) is 18.2 Å². The van der Waals surface area contributed by atoms with Gasteiger partial charge in [0.15, 0.2) is 0 Å². The molecule has 1 heterocycles. The predicted molar refractivity (Wildman–Crippen MR) is 81.5 cm³/mol. The van der Waals surface area contributed by atoms with Crippen molar-refractivity contribution >= 4 is 0 Å². The molecule has 1 aliphatic rings. The average Bonchev–Trinajstić information content (AvgIpc) is 2.55. The first-order chi connectivity index (χ1) is 10.2. The highest BCUT2D eigenvalue weighted by Gasteiger charge is 2.30. The number of rotatable bonds is 6. The largest absolute Gasteiger partial charge is 0.497 e. The van der Waals surface area contributed by atoms with E-state index < -0.39 is 0 Å². The maximum absolute atomic E-state index is 5.91. The Morgan fingerprint density at radius 1 is 1.43 bits per heavy atom. The molecule has 1 saturated heterocycles. The van der Waals surface area contributed by atoms with Crippen molar-refractivity contribution in [3.63, 3.8) is 0 Å². The van der Waals surface area contributed by atoms with E-state index in [1.807, 2.05) is 18.2 Å². The molecular formula is C15H25N3O3. The van der Waals surface area contributed by atoms with Gasteiger partial charge in [-0.05, 0) is 24.7 Å². The first-order valence-electron chi connectivity index (χ1n) is 7.25. The van der Waals surface area contributed by atoms with Crippen LogP contribution in [0.1, 0.15) is 18.5 Å². The van der Waals surface area contributed by atoms with E-state index in [0.29, 0.717) is 6.61 Å². The second-order valence-electron chi connectivity index (χ2n) is 5.05. The van der Waals surface area contributed by atoms with E-state index in [1.54, 1.807) is 14.2 Å². The molecule has 0 radical (unpaired) electrons. The Labute approximate surface area is 126 Å². The lowest BCUT2D eigenvalue weighted by atomic mass is 9.99. The smallest absolute Gasteiger partial charge is 0.124 e. The minimum Gasteiger partial charge on any atom is -0.497 e. The Morgan fingerprint density at radius 3 is 2.86 bits per heavy atom. The number of morpholine rings is 1. The molecule has 0 bridgehead atoms. The van der Waals surface area contributed by atoms with Gasteiger partial charge in [0.25, 0.3) is 0 Å². The van der Waals surface area contributed by atoms with E-state index in [9.17, 15) is 0 Å². The van der Waals surface area contributed by atoms with Gasteiger partial charge < -0.3 is 14.2 Å². The number of nitrogens with two attached hydrogens (primary N) is 1. The molecule has 0 saturated carbocycles. The summed E-state index contributed by atoms with van der Waals surface area (Å²) >= 11 is 0. The van der Waals surface area contributed by atoms with Crippen LogP contribution in [0.25, 0.3) is 0 Å². The fourth-order valence-corrected chi connectivity index (χ4v) is 2.70. The molecule has 6 heteroatoms. The monoisotopic (exact) mass is 295 g/mol. The molecule has 6 nitrogen and oxygen atoms in total. The number of nitrogens with one attached hydrogen (secondary N) is 1. The third-order valence-electron chi connectivity index (χ3n) is 3.95. The standard InChI is InChI=1S/C15H25N3O3/c1-4-18-7-8-21-14(10-18)15(17-16)12-9-11(19-2)5-6-13(12)20-3/h5-6,9,14-15,17H,4,7-8,10,16H2,1-3H3. The molecule has 0 aromatic heterocycles. The van der Waals surface area contributed by atoms with Crippen LogP contribution in [0.2, 0.25) is 0 Å². The van der Waals surface area contributed by atoms with Gasteiger partial charge >= 0.3 is 0 Å². The minimum absolute atomic E-state index is 0.0234. The maximum Gasteiger partial charge on any atom is 0.124 e. The number of ether oxygens (including phenoxy) is 3. The second-order valence-corrected chi connectivity index (χ2v) is 5.05. The number of nitrogens with zero attached hydrogens (tertiary/aromatic N) is 1. The van der Waals surface area contributed by atoms with Crippen molar-refractivity contribution < 1.29 is 14.2 Å². The number of hydrogen-bond donors (Lipinski definition) is 2. The molecule has 118 valence electrons. The zero-order chi connectivity index (χ0) is 15.2. The van der Waals surface area contributed by atoms with E-state index >= 15 is 0 Å². The van der Waals surface area contributed by atoms with Crippen LogP contribution in [0, 0.1) is 0 Å². The van der Waals surface area contributed by atoms with Crippen LogP contribution >= 0.6 is 0 Å². The van der Waals surface area contributed by atoms with Gasteiger partial charge in [0.1, 0.15) is 11.5 Å². The molecule has 0 aliphatic carbocycles. The zero-order valence-electron chi connectivity index (χ0n) is 13.0. The Bertz CT molecular complexity index is 456. The van der Waals surface area contributed by atoms with Gasteiger partial charge in [0.05, 0.1) is 33.0 Å². The topological polar surface area (TPSA) is 69.0 Å². The predicted octanol–water partition coefficient (Wildman–Crippen LogP) is 0.929. The minimum atomic E-state index is -0.149. The fourth-order valence-electron chi connectivity index (χ4n) is 2.70. The van der Waals surface area contributed by atoms with Crippen molar-refractivity contribution in [1.82, 2.24) is 10.3 Å². The Hall–Kier alpha value is -1.34. The van der Waals surface area contributed by atoms with Crippen LogP contribution in [0.5, 0.6) is 11.5 Å². The van der Waals surface area contributed by atoms with Gasteiger partial charge in [-0.2, -0.15) is 0 Å². The zero-order valence-corrected chi connectivity index (χ0v) is 13.0. The highest BCUT2D eigenvalue weighted by molar-refractivity contribution is 5.42. The summed E-state index contributed by atoms with van der Waals surface area (Å²) in [5, 5.41) is 0. The molecule has 2 atom stereocenters.